The van der Waals surface area contributed by atoms with E-state index in [9.17, 15) is 4.79 Å². The first kappa shape index (κ1) is 13.2. The molecule has 0 atom stereocenters. The van der Waals surface area contributed by atoms with Crippen LogP contribution < -0.4 is 0 Å². The first-order valence-electron chi connectivity index (χ1n) is 5.47. The lowest BCUT2D eigenvalue weighted by Crippen LogP contribution is -2.33. The molecule has 0 unspecified atom stereocenters. The van der Waals surface area contributed by atoms with Crippen molar-refractivity contribution in [2.75, 3.05) is 18.4 Å². The maximum Gasteiger partial charge on any atom is 0.255 e. The summed E-state index contributed by atoms with van der Waals surface area (Å²) in [5.41, 5.74) is 1.60. The van der Waals surface area contributed by atoms with Crippen LogP contribution in [0.2, 0.25) is 0 Å². The summed E-state index contributed by atoms with van der Waals surface area (Å²) < 4.78 is 0. The average molecular weight is 285 g/mol. The zero-order valence-corrected chi connectivity index (χ0v) is 11.3. The minimum Gasteiger partial charge on any atom is -0.338 e. The van der Waals surface area contributed by atoms with Crippen LogP contribution in [0.3, 0.4) is 0 Å². The summed E-state index contributed by atoms with van der Waals surface area (Å²) in [7, 11) is 0. The summed E-state index contributed by atoms with van der Waals surface area (Å²) in [6.45, 7) is 5.51. The van der Waals surface area contributed by atoms with Gasteiger partial charge in [0, 0.05) is 30.3 Å². The minimum atomic E-state index is 0.0637. The number of alkyl halides is 1. The highest BCUT2D eigenvalue weighted by Gasteiger charge is 2.14. The number of halogens is 1. The zero-order valence-electron chi connectivity index (χ0n) is 9.74. The maximum absolute atomic E-state index is 12.1. The Balaban J connectivity index is 2.77. The van der Waals surface area contributed by atoms with Gasteiger partial charge in [-0.05, 0) is 25.5 Å². The van der Waals surface area contributed by atoms with Crippen molar-refractivity contribution in [1.82, 2.24) is 9.88 Å². The fourth-order valence-electron chi connectivity index (χ4n) is 1.46. The average Bonchev–Trinajstić information content (AvgIpc) is 2.29. The Morgan fingerprint density at radius 3 is 2.69 bits per heavy atom. The van der Waals surface area contributed by atoms with E-state index in [2.05, 4.69) is 27.8 Å². The van der Waals surface area contributed by atoms with Crippen LogP contribution in [0.5, 0.6) is 0 Å². The van der Waals surface area contributed by atoms with Crippen LogP contribution in [0.25, 0.3) is 0 Å². The highest BCUT2D eigenvalue weighted by atomic mass is 79.9. The molecular weight excluding hydrogens is 268 g/mol. The lowest BCUT2D eigenvalue weighted by molar-refractivity contribution is 0.0766. The van der Waals surface area contributed by atoms with Crippen LogP contribution >= 0.6 is 15.9 Å². The molecule has 1 aromatic heterocycles. The summed E-state index contributed by atoms with van der Waals surface area (Å²) in [6, 6.07) is 3.70. The van der Waals surface area contributed by atoms with Gasteiger partial charge < -0.3 is 4.90 Å². The molecule has 0 saturated heterocycles. The Morgan fingerprint density at radius 1 is 1.44 bits per heavy atom. The van der Waals surface area contributed by atoms with E-state index in [1.807, 2.05) is 24.0 Å². The first-order valence-corrected chi connectivity index (χ1v) is 6.59. The van der Waals surface area contributed by atoms with E-state index in [-0.39, 0.29) is 5.91 Å². The number of amides is 1. The molecule has 88 valence electrons. The molecule has 0 spiro atoms. The van der Waals surface area contributed by atoms with Gasteiger partial charge in [0.1, 0.15) is 0 Å². The quantitative estimate of drug-likeness (QED) is 0.779. The van der Waals surface area contributed by atoms with Crippen LogP contribution in [0.1, 0.15) is 29.4 Å². The molecule has 0 aliphatic heterocycles. The third kappa shape index (κ3) is 3.59. The maximum atomic E-state index is 12.1. The smallest absolute Gasteiger partial charge is 0.255 e. The monoisotopic (exact) mass is 284 g/mol. The molecule has 0 saturated carbocycles. The van der Waals surface area contributed by atoms with Gasteiger partial charge in [0.05, 0.1) is 5.56 Å². The second kappa shape index (κ2) is 6.63. The van der Waals surface area contributed by atoms with Crippen molar-refractivity contribution in [3.8, 4) is 0 Å². The van der Waals surface area contributed by atoms with Crippen LogP contribution in [-0.2, 0) is 0 Å². The number of hydrogen-bond acceptors (Lipinski definition) is 2. The highest BCUT2D eigenvalue weighted by Crippen LogP contribution is 2.06. The fraction of sp³-hybridized carbons (Fsp3) is 0.500. The molecule has 4 heteroatoms. The Hall–Kier alpha value is -0.900. The number of carbonyl (C=O) groups is 1. The molecule has 0 aliphatic carbocycles. The first-order chi connectivity index (χ1) is 7.69. The summed E-state index contributed by atoms with van der Waals surface area (Å²) in [4.78, 5) is 18.1. The van der Waals surface area contributed by atoms with Crippen molar-refractivity contribution in [3.05, 3.63) is 29.6 Å². The van der Waals surface area contributed by atoms with Crippen molar-refractivity contribution in [2.24, 2.45) is 0 Å². The van der Waals surface area contributed by atoms with Crippen molar-refractivity contribution >= 4 is 21.8 Å². The number of pyridine rings is 1. The standard InChI is InChI=1S/C12H17BrN2O/c1-3-7-15(8-6-13)12(16)11-5-4-10(2)14-9-11/h4-5,9H,3,6-8H2,1-2H3. The Bertz CT molecular complexity index is 331. The fourth-order valence-corrected chi connectivity index (χ4v) is 1.89. The van der Waals surface area contributed by atoms with Gasteiger partial charge >= 0.3 is 0 Å². The molecule has 1 amide bonds. The van der Waals surface area contributed by atoms with Gasteiger partial charge in [0.25, 0.3) is 5.91 Å². The number of aryl methyl sites for hydroxylation is 1. The van der Waals surface area contributed by atoms with Gasteiger partial charge in [-0.2, -0.15) is 0 Å². The largest absolute Gasteiger partial charge is 0.338 e. The third-order valence-corrected chi connectivity index (χ3v) is 2.65. The van der Waals surface area contributed by atoms with Gasteiger partial charge in [-0.3, -0.25) is 9.78 Å². The summed E-state index contributed by atoms with van der Waals surface area (Å²) in [6.07, 6.45) is 2.62. The molecule has 0 fully saturated rings. The van der Waals surface area contributed by atoms with Gasteiger partial charge in [-0.15, -0.1) is 0 Å². The van der Waals surface area contributed by atoms with E-state index in [4.69, 9.17) is 0 Å². The Kier molecular flexibility index (Phi) is 5.46. The number of carbonyl (C=O) groups excluding carboxylic acids is 1. The predicted molar refractivity (Wildman–Crippen MR) is 69.0 cm³/mol. The van der Waals surface area contributed by atoms with E-state index in [1.165, 1.54) is 0 Å². The highest BCUT2D eigenvalue weighted by molar-refractivity contribution is 9.09. The zero-order chi connectivity index (χ0) is 12.0. The molecular formula is C12H17BrN2O. The SMILES string of the molecule is CCCN(CCBr)C(=O)c1ccc(C)nc1. The van der Waals surface area contributed by atoms with Crippen molar-refractivity contribution < 1.29 is 4.79 Å². The third-order valence-electron chi connectivity index (χ3n) is 2.29. The van der Waals surface area contributed by atoms with Gasteiger partial charge in [-0.25, -0.2) is 0 Å². The minimum absolute atomic E-state index is 0.0637. The summed E-state index contributed by atoms with van der Waals surface area (Å²) >= 11 is 3.36. The molecule has 1 rings (SSSR count). The van der Waals surface area contributed by atoms with E-state index < -0.39 is 0 Å². The number of rotatable bonds is 5. The van der Waals surface area contributed by atoms with E-state index in [0.717, 1.165) is 30.5 Å². The summed E-state index contributed by atoms with van der Waals surface area (Å²) in [5, 5.41) is 0.804. The molecule has 1 aromatic rings. The van der Waals surface area contributed by atoms with Gasteiger partial charge in [-0.1, -0.05) is 22.9 Å². The molecule has 0 bridgehead atoms. The molecule has 1 heterocycles. The predicted octanol–water partition coefficient (Wildman–Crippen LogP) is 2.64. The van der Waals surface area contributed by atoms with Crippen molar-refractivity contribution in [1.29, 1.82) is 0 Å². The van der Waals surface area contributed by atoms with E-state index in [1.54, 1.807) is 6.20 Å². The molecule has 16 heavy (non-hydrogen) atoms. The van der Waals surface area contributed by atoms with E-state index in [0.29, 0.717) is 5.56 Å². The molecule has 0 aromatic carbocycles. The topological polar surface area (TPSA) is 33.2 Å². The van der Waals surface area contributed by atoms with E-state index >= 15 is 0 Å². The van der Waals surface area contributed by atoms with Crippen molar-refractivity contribution in [3.63, 3.8) is 0 Å². The number of aromatic nitrogens is 1. The molecule has 3 nitrogen and oxygen atoms in total. The lowest BCUT2D eigenvalue weighted by atomic mass is 10.2. The molecule has 0 aliphatic rings. The molecule has 0 radical (unpaired) electrons. The Morgan fingerprint density at radius 2 is 2.19 bits per heavy atom. The van der Waals surface area contributed by atoms with Gasteiger partial charge in [0.15, 0.2) is 0 Å². The second-order valence-electron chi connectivity index (χ2n) is 3.67. The lowest BCUT2D eigenvalue weighted by Gasteiger charge is -2.20. The number of nitrogens with zero attached hydrogens (tertiary/aromatic N) is 2. The second-order valence-corrected chi connectivity index (χ2v) is 4.46. The summed E-state index contributed by atoms with van der Waals surface area (Å²) in [5.74, 6) is 0.0637. The normalized spacial score (nSPS) is 10.2. The Labute approximate surface area is 105 Å². The van der Waals surface area contributed by atoms with Crippen molar-refractivity contribution in [2.45, 2.75) is 20.3 Å². The van der Waals surface area contributed by atoms with Crippen LogP contribution in [0.15, 0.2) is 18.3 Å². The molecule has 0 N–H and O–H groups in total. The van der Waals surface area contributed by atoms with Gasteiger partial charge in [0.2, 0.25) is 0 Å². The van der Waals surface area contributed by atoms with Crippen LogP contribution in [-0.4, -0.2) is 34.2 Å². The number of hydrogen-bond donors (Lipinski definition) is 0. The van der Waals surface area contributed by atoms with Crippen LogP contribution in [0, 0.1) is 6.92 Å². The van der Waals surface area contributed by atoms with Crippen LogP contribution in [0.4, 0.5) is 0 Å².